The van der Waals surface area contributed by atoms with Crippen LogP contribution in [0.2, 0.25) is 0 Å². The lowest BCUT2D eigenvalue weighted by molar-refractivity contribution is 0.304. The van der Waals surface area contributed by atoms with Gasteiger partial charge in [-0.1, -0.05) is 27.7 Å². The van der Waals surface area contributed by atoms with Gasteiger partial charge >= 0.3 is 0 Å². The van der Waals surface area contributed by atoms with Crippen LogP contribution in [0.25, 0.3) is 10.8 Å². The molecule has 108 valence electrons. The maximum absolute atomic E-state index is 6.01. The van der Waals surface area contributed by atoms with Crippen molar-refractivity contribution in [2.24, 2.45) is 17.8 Å². The molecule has 0 bridgehead atoms. The summed E-state index contributed by atoms with van der Waals surface area (Å²) < 4.78 is 0. The summed E-state index contributed by atoms with van der Waals surface area (Å²) in [4.78, 5) is 4.16. The second kappa shape index (κ2) is 6.12. The molecule has 0 fully saturated rings. The van der Waals surface area contributed by atoms with Crippen LogP contribution in [0.1, 0.15) is 27.7 Å². The summed E-state index contributed by atoms with van der Waals surface area (Å²) in [6, 6.07) is 6.04. The number of nitrogen functional groups attached to an aromatic ring is 1. The van der Waals surface area contributed by atoms with E-state index in [1.807, 2.05) is 24.5 Å². The predicted octanol–water partition coefficient (Wildman–Crippen LogP) is 4.16. The highest BCUT2D eigenvalue weighted by molar-refractivity contribution is 6.00. The van der Waals surface area contributed by atoms with Crippen LogP contribution in [0.3, 0.4) is 0 Å². The summed E-state index contributed by atoms with van der Waals surface area (Å²) >= 11 is 0. The zero-order chi connectivity index (χ0) is 14.7. The minimum atomic E-state index is 0.657. The standard InChI is InChI=1S/C17H25N3/c1-11(2)14(12(3)4)10-20-17-6-5-16(18)15-9-19-8-7-13(15)17/h5-9,11-12,14,20H,10,18H2,1-4H3. The van der Waals surface area contributed by atoms with Gasteiger partial charge in [-0.3, -0.25) is 4.98 Å². The number of anilines is 2. The van der Waals surface area contributed by atoms with E-state index in [2.05, 4.69) is 44.1 Å². The second-order valence-electron chi connectivity index (χ2n) is 6.16. The van der Waals surface area contributed by atoms with Crippen molar-refractivity contribution in [2.45, 2.75) is 27.7 Å². The molecule has 1 aromatic carbocycles. The Bertz CT molecular complexity index is 567. The molecular weight excluding hydrogens is 246 g/mol. The first-order chi connectivity index (χ1) is 9.50. The maximum Gasteiger partial charge on any atom is 0.0422 e. The van der Waals surface area contributed by atoms with Crippen molar-refractivity contribution in [2.75, 3.05) is 17.6 Å². The molecule has 0 amide bonds. The molecule has 0 radical (unpaired) electrons. The number of aromatic nitrogens is 1. The third kappa shape index (κ3) is 3.03. The summed E-state index contributed by atoms with van der Waals surface area (Å²) in [5.74, 6) is 2.00. The van der Waals surface area contributed by atoms with E-state index in [4.69, 9.17) is 5.73 Å². The molecule has 3 heteroatoms. The molecule has 0 unspecified atom stereocenters. The number of fused-ring (bicyclic) bond motifs is 1. The lowest BCUT2D eigenvalue weighted by atomic mass is 9.85. The van der Waals surface area contributed by atoms with E-state index in [1.165, 1.54) is 0 Å². The molecule has 0 aliphatic heterocycles. The molecule has 0 spiro atoms. The van der Waals surface area contributed by atoms with Gasteiger partial charge in [0.2, 0.25) is 0 Å². The van der Waals surface area contributed by atoms with Gasteiger partial charge in [-0.25, -0.2) is 0 Å². The Labute approximate surface area is 121 Å². The fourth-order valence-corrected chi connectivity index (χ4v) is 2.84. The summed E-state index contributed by atoms with van der Waals surface area (Å²) in [5, 5.41) is 5.76. The molecule has 0 saturated heterocycles. The van der Waals surface area contributed by atoms with Crippen molar-refractivity contribution >= 4 is 22.1 Å². The monoisotopic (exact) mass is 271 g/mol. The zero-order valence-corrected chi connectivity index (χ0v) is 12.9. The Hall–Kier alpha value is -1.77. The van der Waals surface area contributed by atoms with Crippen LogP contribution in [0, 0.1) is 17.8 Å². The van der Waals surface area contributed by atoms with Gasteiger partial charge in [0.15, 0.2) is 0 Å². The first-order valence-corrected chi connectivity index (χ1v) is 7.36. The predicted molar refractivity (Wildman–Crippen MR) is 87.8 cm³/mol. The molecule has 1 heterocycles. The number of rotatable bonds is 5. The number of pyridine rings is 1. The minimum absolute atomic E-state index is 0.657. The summed E-state index contributed by atoms with van der Waals surface area (Å²) in [7, 11) is 0. The first-order valence-electron chi connectivity index (χ1n) is 7.36. The zero-order valence-electron chi connectivity index (χ0n) is 12.9. The van der Waals surface area contributed by atoms with E-state index in [9.17, 15) is 0 Å². The third-order valence-electron chi connectivity index (χ3n) is 4.09. The van der Waals surface area contributed by atoms with Crippen LogP contribution in [-0.2, 0) is 0 Å². The average Bonchev–Trinajstić information content (AvgIpc) is 2.41. The maximum atomic E-state index is 6.01. The second-order valence-corrected chi connectivity index (χ2v) is 6.16. The molecule has 0 aliphatic rings. The van der Waals surface area contributed by atoms with Crippen LogP contribution < -0.4 is 11.1 Å². The number of nitrogens with one attached hydrogen (secondary N) is 1. The Morgan fingerprint density at radius 2 is 1.75 bits per heavy atom. The van der Waals surface area contributed by atoms with Gasteiger partial charge in [0, 0.05) is 41.1 Å². The van der Waals surface area contributed by atoms with Gasteiger partial charge in [-0.2, -0.15) is 0 Å². The minimum Gasteiger partial charge on any atom is -0.398 e. The fraction of sp³-hybridized carbons (Fsp3) is 0.471. The van der Waals surface area contributed by atoms with E-state index in [0.717, 1.165) is 28.7 Å². The molecule has 0 aliphatic carbocycles. The normalized spacial score (nSPS) is 11.8. The highest BCUT2D eigenvalue weighted by Crippen LogP contribution is 2.28. The average molecular weight is 271 g/mol. The Morgan fingerprint density at radius 1 is 1.05 bits per heavy atom. The molecule has 20 heavy (non-hydrogen) atoms. The number of nitrogens with two attached hydrogens (primary N) is 1. The van der Waals surface area contributed by atoms with E-state index >= 15 is 0 Å². The van der Waals surface area contributed by atoms with Crippen LogP contribution >= 0.6 is 0 Å². The molecule has 2 aromatic rings. The fourth-order valence-electron chi connectivity index (χ4n) is 2.84. The van der Waals surface area contributed by atoms with Gasteiger partial charge in [0.05, 0.1) is 0 Å². The van der Waals surface area contributed by atoms with Crippen LogP contribution in [0.15, 0.2) is 30.6 Å². The molecule has 1 aromatic heterocycles. The van der Waals surface area contributed by atoms with Gasteiger partial charge < -0.3 is 11.1 Å². The van der Waals surface area contributed by atoms with Crippen molar-refractivity contribution in [1.29, 1.82) is 0 Å². The smallest absolute Gasteiger partial charge is 0.0422 e. The summed E-state index contributed by atoms with van der Waals surface area (Å²) in [6.07, 6.45) is 3.65. The van der Waals surface area contributed by atoms with Crippen molar-refractivity contribution in [1.82, 2.24) is 4.98 Å². The number of nitrogens with zero attached hydrogens (tertiary/aromatic N) is 1. The Balaban J connectivity index is 2.24. The molecule has 0 saturated carbocycles. The molecular formula is C17H25N3. The number of benzene rings is 1. The first kappa shape index (κ1) is 14.6. The molecule has 3 N–H and O–H groups in total. The quantitative estimate of drug-likeness (QED) is 0.803. The highest BCUT2D eigenvalue weighted by atomic mass is 14.9. The van der Waals surface area contributed by atoms with Crippen molar-refractivity contribution < 1.29 is 0 Å². The summed E-state index contributed by atoms with van der Waals surface area (Å²) in [6.45, 7) is 10.1. The van der Waals surface area contributed by atoms with E-state index in [0.29, 0.717) is 17.8 Å². The largest absolute Gasteiger partial charge is 0.398 e. The van der Waals surface area contributed by atoms with Gasteiger partial charge in [-0.15, -0.1) is 0 Å². The lowest BCUT2D eigenvalue weighted by Gasteiger charge is -2.26. The van der Waals surface area contributed by atoms with E-state index in [1.54, 1.807) is 0 Å². The number of hydrogen-bond acceptors (Lipinski definition) is 3. The van der Waals surface area contributed by atoms with Gasteiger partial charge in [-0.05, 0) is 36.0 Å². The van der Waals surface area contributed by atoms with Crippen molar-refractivity contribution in [3.05, 3.63) is 30.6 Å². The van der Waals surface area contributed by atoms with E-state index < -0.39 is 0 Å². The van der Waals surface area contributed by atoms with Gasteiger partial charge in [0.1, 0.15) is 0 Å². The topological polar surface area (TPSA) is 50.9 Å². The van der Waals surface area contributed by atoms with Crippen molar-refractivity contribution in [3.8, 4) is 0 Å². The SMILES string of the molecule is CC(C)C(CNc1ccc(N)c2cnccc12)C(C)C. The number of hydrogen-bond donors (Lipinski definition) is 2. The Kier molecular flexibility index (Phi) is 4.48. The van der Waals surface area contributed by atoms with Crippen molar-refractivity contribution in [3.63, 3.8) is 0 Å². The van der Waals surface area contributed by atoms with Crippen LogP contribution in [0.4, 0.5) is 11.4 Å². The third-order valence-corrected chi connectivity index (χ3v) is 4.09. The lowest BCUT2D eigenvalue weighted by Crippen LogP contribution is -2.24. The summed E-state index contributed by atoms with van der Waals surface area (Å²) in [5.41, 5.74) is 7.93. The highest BCUT2D eigenvalue weighted by Gasteiger charge is 2.17. The Morgan fingerprint density at radius 3 is 2.40 bits per heavy atom. The van der Waals surface area contributed by atoms with Crippen LogP contribution in [0.5, 0.6) is 0 Å². The van der Waals surface area contributed by atoms with E-state index in [-0.39, 0.29) is 0 Å². The molecule has 2 rings (SSSR count). The molecule has 0 atom stereocenters. The van der Waals surface area contributed by atoms with Crippen LogP contribution in [-0.4, -0.2) is 11.5 Å². The van der Waals surface area contributed by atoms with Gasteiger partial charge in [0.25, 0.3) is 0 Å². The molecule has 3 nitrogen and oxygen atoms in total.